The molecule has 0 saturated carbocycles. The Morgan fingerprint density at radius 2 is 1.53 bits per heavy atom. The highest BCUT2D eigenvalue weighted by Crippen LogP contribution is 2.28. The van der Waals surface area contributed by atoms with Crippen molar-refractivity contribution in [3.05, 3.63) is 100 Å². The van der Waals surface area contributed by atoms with E-state index in [9.17, 15) is 17.2 Å². The minimum Gasteiger partial charge on any atom is -0.367 e. The van der Waals surface area contributed by atoms with E-state index in [1.165, 1.54) is 16.4 Å². The Hall–Kier alpha value is -2.17. The summed E-state index contributed by atoms with van der Waals surface area (Å²) in [4.78, 5) is 2.41. The third kappa shape index (κ3) is 5.72. The van der Waals surface area contributed by atoms with Crippen molar-refractivity contribution in [2.75, 3.05) is 39.3 Å². The SMILES string of the molecule is O=S(=O)(c1ccccc1Br)N1CCN(CCO[C@H](c2ccccc2)c2ccc(F)c(F)c2)CC1. The van der Waals surface area contributed by atoms with Crippen LogP contribution in [0.5, 0.6) is 0 Å². The Morgan fingerprint density at radius 3 is 2.21 bits per heavy atom. The first-order chi connectivity index (χ1) is 16.4. The molecule has 9 heteroatoms. The van der Waals surface area contributed by atoms with Crippen molar-refractivity contribution in [1.29, 1.82) is 0 Å². The van der Waals surface area contributed by atoms with Crippen molar-refractivity contribution in [2.45, 2.75) is 11.0 Å². The van der Waals surface area contributed by atoms with E-state index in [0.717, 1.165) is 11.6 Å². The average Bonchev–Trinajstić information content (AvgIpc) is 2.85. The van der Waals surface area contributed by atoms with Gasteiger partial charge >= 0.3 is 0 Å². The molecule has 0 aliphatic carbocycles. The summed E-state index contributed by atoms with van der Waals surface area (Å²) in [6.07, 6.45) is -0.534. The van der Waals surface area contributed by atoms with Gasteiger partial charge in [0, 0.05) is 37.2 Å². The number of halogens is 3. The highest BCUT2D eigenvalue weighted by molar-refractivity contribution is 9.10. The molecular weight excluding hydrogens is 526 g/mol. The molecule has 1 fully saturated rings. The Kier molecular flexibility index (Phi) is 8.10. The zero-order chi connectivity index (χ0) is 24.1. The van der Waals surface area contributed by atoms with Crippen molar-refractivity contribution >= 4 is 26.0 Å². The Bertz CT molecular complexity index is 1220. The van der Waals surface area contributed by atoms with Gasteiger partial charge in [0.05, 0.1) is 11.5 Å². The third-order valence-corrected chi connectivity index (χ3v) is 8.74. The van der Waals surface area contributed by atoms with Crippen LogP contribution in [0.3, 0.4) is 0 Å². The summed E-state index contributed by atoms with van der Waals surface area (Å²) in [6.45, 7) is 2.87. The number of benzene rings is 3. The van der Waals surface area contributed by atoms with E-state index in [1.807, 2.05) is 30.3 Å². The first-order valence-corrected chi connectivity index (χ1v) is 13.2. The molecule has 0 N–H and O–H groups in total. The fourth-order valence-corrected chi connectivity index (χ4v) is 6.36. The average molecular weight is 551 g/mol. The molecule has 1 atom stereocenters. The summed E-state index contributed by atoms with van der Waals surface area (Å²) in [5, 5.41) is 0. The van der Waals surface area contributed by atoms with Gasteiger partial charge < -0.3 is 4.74 Å². The molecular formula is C25H25BrF2N2O3S. The van der Waals surface area contributed by atoms with Gasteiger partial charge in [-0.15, -0.1) is 0 Å². The number of nitrogens with zero attached hydrogens (tertiary/aromatic N) is 2. The summed E-state index contributed by atoms with van der Waals surface area (Å²) in [5.74, 6) is -1.81. The molecule has 1 aliphatic heterocycles. The van der Waals surface area contributed by atoms with Gasteiger partial charge in [-0.1, -0.05) is 48.5 Å². The highest BCUT2D eigenvalue weighted by Gasteiger charge is 2.29. The lowest BCUT2D eigenvalue weighted by Gasteiger charge is -2.34. The van der Waals surface area contributed by atoms with Gasteiger partial charge in [0.1, 0.15) is 6.10 Å². The third-order valence-electron chi connectivity index (χ3n) is 5.83. The van der Waals surface area contributed by atoms with Gasteiger partial charge in [0.25, 0.3) is 0 Å². The molecule has 180 valence electrons. The second-order valence-corrected chi connectivity index (χ2v) is 10.8. The molecule has 1 aliphatic rings. The first-order valence-electron chi connectivity index (χ1n) is 10.9. The Morgan fingerprint density at radius 1 is 0.853 bits per heavy atom. The lowest BCUT2D eigenvalue weighted by atomic mass is 10.0. The number of rotatable bonds is 8. The molecule has 0 aromatic heterocycles. The summed E-state index contributed by atoms with van der Waals surface area (Å²) in [7, 11) is -3.57. The summed E-state index contributed by atoms with van der Waals surface area (Å²) < 4.78 is 61.4. The van der Waals surface area contributed by atoms with E-state index < -0.39 is 27.8 Å². The second kappa shape index (κ2) is 11.0. The predicted octanol–water partition coefficient (Wildman–Crippen LogP) is 4.84. The predicted molar refractivity (Wildman–Crippen MR) is 130 cm³/mol. The maximum atomic E-state index is 13.9. The number of hydrogen-bond acceptors (Lipinski definition) is 4. The Balaban J connectivity index is 1.36. The van der Waals surface area contributed by atoms with E-state index >= 15 is 0 Å². The van der Waals surface area contributed by atoms with E-state index in [4.69, 9.17) is 4.74 Å². The van der Waals surface area contributed by atoms with Crippen molar-refractivity contribution in [2.24, 2.45) is 0 Å². The van der Waals surface area contributed by atoms with Crippen LogP contribution >= 0.6 is 15.9 Å². The quantitative estimate of drug-likeness (QED) is 0.402. The van der Waals surface area contributed by atoms with Crippen LogP contribution in [0.25, 0.3) is 0 Å². The molecule has 1 saturated heterocycles. The van der Waals surface area contributed by atoms with Crippen molar-refractivity contribution in [1.82, 2.24) is 9.21 Å². The molecule has 4 rings (SSSR count). The molecule has 0 spiro atoms. The van der Waals surface area contributed by atoms with Crippen LogP contribution < -0.4 is 0 Å². The molecule has 3 aromatic rings. The van der Waals surface area contributed by atoms with Crippen LogP contribution in [0, 0.1) is 11.6 Å². The maximum Gasteiger partial charge on any atom is 0.244 e. The molecule has 0 bridgehead atoms. The summed E-state index contributed by atoms with van der Waals surface area (Å²) >= 11 is 3.33. The molecule has 0 amide bonds. The molecule has 0 radical (unpaired) electrons. The van der Waals surface area contributed by atoms with E-state index in [2.05, 4.69) is 20.8 Å². The lowest BCUT2D eigenvalue weighted by molar-refractivity contribution is 0.0525. The van der Waals surface area contributed by atoms with Gasteiger partial charge in [-0.3, -0.25) is 4.90 Å². The largest absolute Gasteiger partial charge is 0.367 e. The maximum absolute atomic E-state index is 13.9. The van der Waals surface area contributed by atoms with Crippen LogP contribution in [0.4, 0.5) is 8.78 Å². The van der Waals surface area contributed by atoms with Gasteiger partial charge in [-0.25, -0.2) is 17.2 Å². The second-order valence-electron chi connectivity index (χ2n) is 8.01. The van der Waals surface area contributed by atoms with Crippen LogP contribution in [-0.2, 0) is 14.8 Å². The molecule has 3 aromatic carbocycles. The van der Waals surface area contributed by atoms with Crippen LogP contribution in [0.15, 0.2) is 82.2 Å². The normalized spacial score (nSPS) is 16.4. The number of sulfonamides is 1. The zero-order valence-corrected chi connectivity index (χ0v) is 20.8. The Labute approximate surface area is 207 Å². The fraction of sp³-hybridized carbons (Fsp3) is 0.280. The van der Waals surface area contributed by atoms with Gasteiger partial charge in [-0.2, -0.15) is 4.31 Å². The van der Waals surface area contributed by atoms with Crippen molar-refractivity contribution in [3.8, 4) is 0 Å². The monoisotopic (exact) mass is 550 g/mol. The lowest BCUT2D eigenvalue weighted by Crippen LogP contribution is -2.49. The first kappa shape index (κ1) is 24.9. The van der Waals surface area contributed by atoms with Crippen LogP contribution in [0.1, 0.15) is 17.2 Å². The standard InChI is InChI=1S/C25H25BrF2N2O3S/c26-21-8-4-5-9-24(21)34(31,32)30-14-12-29(13-15-30)16-17-33-25(19-6-2-1-3-7-19)20-10-11-22(27)23(28)18-20/h1-11,18,25H,12-17H2/t25-/m1/s1. The summed E-state index contributed by atoms with van der Waals surface area (Å²) in [5.41, 5.74) is 1.38. The van der Waals surface area contributed by atoms with Gasteiger partial charge in [0.15, 0.2) is 11.6 Å². The van der Waals surface area contributed by atoms with Crippen molar-refractivity contribution < 1.29 is 21.9 Å². The number of piperazine rings is 1. The fourth-order valence-electron chi connectivity index (χ4n) is 3.97. The number of ether oxygens (including phenoxy) is 1. The summed E-state index contributed by atoms with van der Waals surface area (Å²) in [6, 6.07) is 20.0. The van der Waals surface area contributed by atoms with E-state index in [-0.39, 0.29) is 4.90 Å². The minimum absolute atomic E-state index is 0.268. The highest BCUT2D eigenvalue weighted by atomic mass is 79.9. The van der Waals surface area contributed by atoms with Gasteiger partial charge in [0.2, 0.25) is 10.0 Å². The van der Waals surface area contributed by atoms with E-state index in [1.54, 1.807) is 24.3 Å². The molecule has 34 heavy (non-hydrogen) atoms. The topological polar surface area (TPSA) is 49.9 Å². The number of hydrogen-bond donors (Lipinski definition) is 0. The molecule has 1 heterocycles. The zero-order valence-electron chi connectivity index (χ0n) is 18.4. The van der Waals surface area contributed by atoms with Gasteiger partial charge in [-0.05, 0) is 51.3 Å². The molecule has 5 nitrogen and oxygen atoms in total. The smallest absolute Gasteiger partial charge is 0.244 e. The van der Waals surface area contributed by atoms with Crippen LogP contribution in [0.2, 0.25) is 0 Å². The molecule has 0 unspecified atom stereocenters. The van der Waals surface area contributed by atoms with Crippen LogP contribution in [-0.4, -0.2) is 57.0 Å². The van der Waals surface area contributed by atoms with E-state index in [0.29, 0.717) is 49.4 Å². The van der Waals surface area contributed by atoms with Crippen molar-refractivity contribution in [3.63, 3.8) is 0 Å². The minimum atomic E-state index is -3.57.